The summed E-state index contributed by atoms with van der Waals surface area (Å²) in [5, 5.41) is 3.49. The highest BCUT2D eigenvalue weighted by Crippen LogP contribution is 2.25. The summed E-state index contributed by atoms with van der Waals surface area (Å²) in [4.78, 5) is 33.5. The van der Waals surface area contributed by atoms with Crippen LogP contribution in [-0.4, -0.2) is 53.5 Å². The van der Waals surface area contributed by atoms with E-state index in [4.69, 9.17) is 14.9 Å². The van der Waals surface area contributed by atoms with E-state index < -0.39 is 35.3 Å². The van der Waals surface area contributed by atoms with Crippen molar-refractivity contribution in [3.63, 3.8) is 0 Å². The van der Waals surface area contributed by atoms with Crippen molar-refractivity contribution in [3.8, 4) is 11.5 Å². The second kappa shape index (κ2) is 16.6. The molecule has 4 aromatic rings. The van der Waals surface area contributed by atoms with Crippen molar-refractivity contribution >= 4 is 11.9 Å². The molecule has 4 rings (SSSR count). The number of rotatable bonds is 16. The van der Waals surface area contributed by atoms with Gasteiger partial charge in [0.05, 0.1) is 11.8 Å². The number of hydrogen-bond acceptors (Lipinski definition) is 7. The van der Waals surface area contributed by atoms with Crippen molar-refractivity contribution in [1.29, 1.82) is 0 Å². The van der Waals surface area contributed by atoms with Crippen molar-refractivity contribution in [2.75, 3.05) is 19.6 Å². The Kier molecular flexibility index (Phi) is 12.6. The van der Waals surface area contributed by atoms with Crippen molar-refractivity contribution in [2.24, 2.45) is 5.73 Å². The van der Waals surface area contributed by atoms with Crippen LogP contribution in [0.5, 0.6) is 0 Å². The van der Waals surface area contributed by atoms with Crippen LogP contribution in [0.1, 0.15) is 84.9 Å². The maximum atomic E-state index is 14.1. The molecule has 1 amide bonds. The van der Waals surface area contributed by atoms with Gasteiger partial charge in [-0.1, -0.05) is 45.0 Å². The fourth-order valence-electron chi connectivity index (χ4n) is 5.65. The minimum atomic E-state index is -0.918. The minimum absolute atomic E-state index is 0.0448. The molecule has 1 aromatic heterocycles. The lowest BCUT2D eigenvalue weighted by atomic mass is 9.91. The summed E-state index contributed by atoms with van der Waals surface area (Å²) in [7, 11) is 0. The van der Waals surface area contributed by atoms with E-state index in [1.807, 2.05) is 39.8 Å². The lowest BCUT2D eigenvalue weighted by Crippen LogP contribution is -2.50. The number of carbonyl (C=O) groups excluding carboxylic acids is 2. The van der Waals surface area contributed by atoms with Gasteiger partial charge in [-0.2, -0.15) is 0 Å². The zero-order valence-corrected chi connectivity index (χ0v) is 28.4. The number of aryl methyl sites for hydroxylation is 1. The molecule has 2 atom stereocenters. The van der Waals surface area contributed by atoms with Crippen LogP contribution in [0.25, 0.3) is 11.5 Å². The van der Waals surface area contributed by atoms with Crippen LogP contribution in [0.2, 0.25) is 0 Å². The Balaban J connectivity index is 1.66. The normalized spacial score (nSPS) is 12.8. The molecule has 0 bridgehead atoms. The molecule has 0 fully saturated rings. The smallest absolute Gasteiger partial charge is 0.338 e. The van der Waals surface area contributed by atoms with Crippen molar-refractivity contribution in [2.45, 2.75) is 78.0 Å². The van der Waals surface area contributed by atoms with Gasteiger partial charge in [-0.05, 0) is 86.6 Å². The minimum Gasteiger partial charge on any atom is -0.456 e. The van der Waals surface area contributed by atoms with E-state index in [1.54, 1.807) is 17.0 Å². The molecule has 10 heteroatoms. The number of esters is 1. The van der Waals surface area contributed by atoms with Gasteiger partial charge in [-0.3, -0.25) is 4.79 Å². The Hall–Kier alpha value is -4.41. The van der Waals surface area contributed by atoms with Gasteiger partial charge in [-0.25, -0.2) is 18.6 Å². The molecule has 0 saturated carbocycles. The second-order valence-electron chi connectivity index (χ2n) is 12.6. The van der Waals surface area contributed by atoms with E-state index in [-0.39, 0.29) is 30.3 Å². The first-order chi connectivity index (χ1) is 22.9. The standard InChI is InChI=1S/C38H46F2N4O4/c1-6-13-44(14-7-2)36(45)28-20-27(35-42-12-15-47-35)21-29(22-28)37(46)48-34(33(41)19-26-17-31(39)23-32(40)18-26)24-43-38(4,5)30-11-9-10-25(8-3)16-30/h9-12,15-18,20-23,33-34,43H,6-8,13-14,19,24,41H2,1-5H3. The van der Waals surface area contributed by atoms with Crippen LogP contribution in [-0.2, 0) is 23.1 Å². The van der Waals surface area contributed by atoms with Gasteiger partial charge >= 0.3 is 5.97 Å². The van der Waals surface area contributed by atoms with E-state index in [1.165, 1.54) is 36.2 Å². The van der Waals surface area contributed by atoms with Crippen molar-refractivity contribution in [1.82, 2.24) is 15.2 Å². The molecule has 2 unspecified atom stereocenters. The summed E-state index contributed by atoms with van der Waals surface area (Å²) in [5.41, 5.74) is 9.51. The Bertz CT molecular complexity index is 1650. The summed E-state index contributed by atoms with van der Waals surface area (Å²) in [5.74, 6) is -2.13. The highest BCUT2D eigenvalue weighted by Gasteiger charge is 2.29. The summed E-state index contributed by atoms with van der Waals surface area (Å²) >= 11 is 0. The van der Waals surface area contributed by atoms with Crippen LogP contribution in [0.3, 0.4) is 0 Å². The molecule has 48 heavy (non-hydrogen) atoms. The third-order valence-corrected chi connectivity index (χ3v) is 8.30. The number of oxazole rings is 1. The Morgan fingerprint density at radius 1 is 0.958 bits per heavy atom. The Labute approximate surface area is 281 Å². The number of nitrogens with one attached hydrogen (secondary N) is 1. The quantitative estimate of drug-likeness (QED) is 0.124. The molecule has 0 saturated heterocycles. The summed E-state index contributed by atoms with van der Waals surface area (Å²) < 4.78 is 39.7. The van der Waals surface area contributed by atoms with Gasteiger partial charge in [0, 0.05) is 48.4 Å². The first-order valence-electron chi connectivity index (χ1n) is 16.5. The average Bonchev–Trinajstić information content (AvgIpc) is 3.61. The molecule has 3 aromatic carbocycles. The number of nitrogens with zero attached hydrogens (tertiary/aromatic N) is 2. The number of amides is 1. The van der Waals surface area contributed by atoms with E-state index in [0.29, 0.717) is 29.8 Å². The topological polar surface area (TPSA) is 111 Å². The number of aromatic nitrogens is 1. The zero-order chi connectivity index (χ0) is 34.8. The molecule has 0 aliphatic heterocycles. The van der Waals surface area contributed by atoms with Gasteiger partial charge in [0.1, 0.15) is 24.0 Å². The van der Waals surface area contributed by atoms with E-state index in [9.17, 15) is 18.4 Å². The molecule has 3 N–H and O–H groups in total. The number of carbonyl (C=O) groups is 2. The molecule has 0 spiro atoms. The van der Waals surface area contributed by atoms with Crippen LogP contribution in [0, 0.1) is 11.6 Å². The number of nitrogens with two attached hydrogens (primary N) is 1. The third-order valence-electron chi connectivity index (χ3n) is 8.30. The predicted molar refractivity (Wildman–Crippen MR) is 183 cm³/mol. The molecular formula is C38H46F2N4O4. The second-order valence-corrected chi connectivity index (χ2v) is 12.6. The van der Waals surface area contributed by atoms with Crippen molar-refractivity contribution < 1.29 is 27.5 Å². The zero-order valence-electron chi connectivity index (χ0n) is 28.4. The number of ether oxygens (including phenoxy) is 1. The highest BCUT2D eigenvalue weighted by molar-refractivity contribution is 5.99. The van der Waals surface area contributed by atoms with E-state index in [2.05, 4.69) is 29.4 Å². The van der Waals surface area contributed by atoms with Gasteiger partial charge < -0.3 is 25.1 Å². The predicted octanol–water partition coefficient (Wildman–Crippen LogP) is 7.06. The van der Waals surface area contributed by atoms with Gasteiger partial charge in [0.25, 0.3) is 5.91 Å². The largest absolute Gasteiger partial charge is 0.456 e. The lowest BCUT2D eigenvalue weighted by molar-refractivity contribution is 0.0220. The third kappa shape index (κ3) is 9.58. The van der Waals surface area contributed by atoms with Crippen LogP contribution < -0.4 is 11.1 Å². The van der Waals surface area contributed by atoms with E-state index >= 15 is 0 Å². The molecule has 8 nitrogen and oxygen atoms in total. The Morgan fingerprint density at radius 3 is 2.27 bits per heavy atom. The van der Waals surface area contributed by atoms with Crippen LogP contribution in [0.4, 0.5) is 8.78 Å². The van der Waals surface area contributed by atoms with Gasteiger partial charge in [-0.15, -0.1) is 0 Å². The fraction of sp³-hybridized carbons (Fsp3) is 0.395. The van der Waals surface area contributed by atoms with Crippen LogP contribution in [0.15, 0.2) is 77.5 Å². The average molecular weight is 661 g/mol. The molecule has 1 heterocycles. The first kappa shape index (κ1) is 36.4. The van der Waals surface area contributed by atoms with Gasteiger partial charge in [0.15, 0.2) is 0 Å². The SMILES string of the molecule is CCCN(CCC)C(=O)c1cc(C(=O)OC(CNC(C)(C)c2cccc(CC)c2)C(N)Cc2cc(F)cc(F)c2)cc(-c2ncco2)c1. The summed E-state index contributed by atoms with van der Waals surface area (Å²) in [6.07, 6.45) is 4.46. The molecular weight excluding hydrogens is 614 g/mol. The Morgan fingerprint density at radius 2 is 1.65 bits per heavy atom. The fourth-order valence-corrected chi connectivity index (χ4v) is 5.65. The first-order valence-corrected chi connectivity index (χ1v) is 16.5. The highest BCUT2D eigenvalue weighted by atomic mass is 19.1. The molecule has 0 radical (unpaired) electrons. The number of hydrogen-bond donors (Lipinski definition) is 2. The van der Waals surface area contributed by atoms with Crippen molar-refractivity contribution in [3.05, 3.63) is 113 Å². The molecule has 0 aliphatic rings. The summed E-state index contributed by atoms with van der Waals surface area (Å²) in [6, 6.07) is 15.3. The maximum Gasteiger partial charge on any atom is 0.338 e. The molecule has 256 valence electrons. The maximum absolute atomic E-state index is 14.1. The van der Waals surface area contributed by atoms with Gasteiger partial charge in [0.2, 0.25) is 5.89 Å². The number of halogens is 2. The monoisotopic (exact) mass is 660 g/mol. The van der Waals surface area contributed by atoms with Crippen LogP contribution >= 0.6 is 0 Å². The lowest BCUT2D eigenvalue weighted by Gasteiger charge is -2.32. The molecule has 0 aliphatic carbocycles. The summed E-state index contributed by atoms with van der Waals surface area (Å²) in [6.45, 7) is 11.4. The van der Waals surface area contributed by atoms with E-state index in [0.717, 1.165) is 30.9 Å². The number of benzene rings is 3.